The topological polar surface area (TPSA) is 608 Å². The first-order valence-corrected chi connectivity index (χ1v) is 43.1. The molecule has 131 heavy (non-hydrogen) atoms. The van der Waals surface area contributed by atoms with Crippen molar-refractivity contribution in [1.82, 2.24) is 10.6 Å². The van der Waals surface area contributed by atoms with Crippen LogP contribution in [-0.2, 0) is 273 Å². The Kier molecular flexibility index (Phi) is 88.2. The number of amides is 2. The molecule has 0 aromatic rings. The Bertz CT molecular complexity index is 2930. The van der Waals surface area contributed by atoms with E-state index in [1.807, 2.05) is 32.1 Å². The predicted molar refractivity (Wildman–Crippen MR) is 402 cm³/mol. The number of hydrogen-bond donors (Lipinski definition) is 3. The first-order chi connectivity index (χ1) is 64.0. The van der Waals surface area contributed by atoms with Crippen molar-refractivity contribution in [3.8, 4) is 0 Å². The van der Waals surface area contributed by atoms with Gasteiger partial charge in [0, 0.05) is 210 Å². The van der Waals surface area contributed by atoms with Crippen molar-refractivity contribution < 1.29 is 283 Å². The number of allylic oxidation sites excluding steroid dienone is 9. The van der Waals surface area contributed by atoms with E-state index in [9.17, 15) is 33.4 Å². The van der Waals surface area contributed by atoms with Crippen molar-refractivity contribution in [2.24, 2.45) is 5.41 Å². The van der Waals surface area contributed by atoms with Crippen LogP contribution in [0.25, 0.3) is 0 Å². The molecule has 0 spiro atoms. The van der Waals surface area contributed by atoms with Crippen LogP contribution in [0.4, 0.5) is 4.79 Å². The molecule has 2 amide bonds. The molecule has 0 radical (unpaired) electrons. The van der Waals surface area contributed by atoms with Gasteiger partial charge in [-0.25, -0.2) is 14.2 Å². The zero-order chi connectivity index (χ0) is 95.0. The fraction of sp³-hybridized carbons (Fsp3) is 0.761. The zero-order valence-electron chi connectivity index (χ0n) is 73.8. The number of ether oxygens (including phenoxy) is 4. The lowest BCUT2D eigenvalue weighted by Crippen LogP contribution is -2.30. The lowest BCUT2D eigenvalue weighted by molar-refractivity contribution is -0.909. The third kappa shape index (κ3) is 88.8. The number of hydrogen-bond acceptors (Lipinski definition) is 56. The normalized spacial score (nSPS) is 13.9. The maximum atomic E-state index is 12.9. The van der Waals surface area contributed by atoms with Crippen molar-refractivity contribution in [3.63, 3.8) is 0 Å². The molecule has 59 nitrogen and oxygen atoms in total. The van der Waals surface area contributed by atoms with Gasteiger partial charge in [0.25, 0.3) is 0 Å². The van der Waals surface area contributed by atoms with Crippen LogP contribution in [0.2, 0.25) is 0 Å². The van der Waals surface area contributed by atoms with Crippen LogP contribution in [0.3, 0.4) is 0 Å². The van der Waals surface area contributed by atoms with E-state index < -0.39 is 76.9 Å². The highest BCUT2D eigenvalue weighted by atomic mass is 31.2. The maximum Gasteiger partial charge on any atom is 0.472 e. The fourth-order valence-electron chi connectivity index (χ4n) is 10.9. The summed E-state index contributed by atoms with van der Waals surface area (Å²) in [6, 6.07) is 0. The molecule has 0 aromatic heterocycles. The number of esters is 3. The standard InChI is InChI=1S/C71H123N2O57P/c1-8-10-12-14-16-18-20-22-24-26-28-30-32-34-36-45-68(76)83-59-64(88-69(77)46-37-35-33-31-29-27-25-23-21-19-17-15-13-11-9-2)60-87-131(79,80)86-56-53-73-70(78)82-57-58-85-90-92-94-96-98-100-102-104-106-108-110-112-114-116-118-120-122-124-126-128-130-129-127-125-123-121-119-117-115-113-111-109-107-105-103-101-99-97-95-93-91-89-84-55-52-72-66(74)44-39-47-67(75)81-54-50-62(4)42-38-41-61(3)48-49-65-63(5)43-40-51-71(65,6)7/h38,41-42,48-50,52,55,64H,8-37,39-40,43-47,51,53-54,56-60H2,1-7H3,(H,72,74)(H,73,78)(H,79,80)/b42-38+,49-48+,55-52-,61-41+,62-50+/t64-/m1/s1. The number of unbranched alkanes of at least 4 members (excludes halogenated alkanes) is 28. The number of alkyl carbamates (subject to hydrolysis) is 1. The summed E-state index contributed by atoms with van der Waals surface area (Å²) in [5.74, 6) is -1.99. The lowest BCUT2D eigenvalue weighted by atomic mass is 9.72. The van der Waals surface area contributed by atoms with Crippen LogP contribution in [-0.4, -0.2) is 87.1 Å². The molecule has 0 heterocycles. The van der Waals surface area contributed by atoms with Crippen LogP contribution < -0.4 is 10.6 Å². The van der Waals surface area contributed by atoms with Gasteiger partial charge in [0.2, 0.25) is 5.91 Å². The van der Waals surface area contributed by atoms with Gasteiger partial charge in [0.05, 0.1) is 13.2 Å². The summed E-state index contributed by atoms with van der Waals surface area (Å²) in [4.78, 5) is 80.7. The summed E-state index contributed by atoms with van der Waals surface area (Å²) in [6.07, 6.45) is 50.8. The molecule has 1 unspecified atom stereocenters. The molecule has 0 saturated carbocycles. The average Bonchev–Trinajstić information content (AvgIpc) is 0.821. The van der Waals surface area contributed by atoms with Gasteiger partial charge in [-0.1, -0.05) is 255 Å². The minimum absolute atomic E-state index is 0.00806. The molecule has 1 rings (SSSR count). The summed E-state index contributed by atoms with van der Waals surface area (Å²) < 4.78 is 43.7. The van der Waals surface area contributed by atoms with E-state index in [1.165, 1.54) is 152 Å². The summed E-state index contributed by atoms with van der Waals surface area (Å²) >= 11 is 0. The molecule has 60 heteroatoms. The monoisotopic (exact) mass is 1950 g/mol. The maximum absolute atomic E-state index is 12.9. The van der Waals surface area contributed by atoms with Crippen LogP contribution >= 0.6 is 7.82 Å². The van der Waals surface area contributed by atoms with Crippen molar-refractivity contribution in [3.05, 3.63) is 71.2 Å². The Morgan fingerprint density at radius 3 is 1.20 bits per heavy atom. The lowest BCUT2D eigenvalue weighted by Gasteiger charge is -2.32. The van der Waals surface area contributed by atoms with Gasteiger partial charge in [-0.05, 0) is 117 Å². The van der Waals surface area contributed by atoms with Crippen molar-refractivity contribution in [2.75, 3.05) is 46.2 Å². The largest absolute Gasteiger partial charge is 0.472 e. The van der Waals surface area contributed by atoms with E-state index in [2.05, 4.69) is 279 Å². The van der Waals surface area contributed by atoms with Crippen LogP contribution in [0.1, 0.15) is 292 Å². The van der Waals surface area contributed by atoms with Gasteiger partial charge in [-0.2, -0.15) is 0 Å². The third-order valence-corrected chi connectivity index (χ3v) is 17.9. The van der Waals surface area contributed by atoms with Gasteiger partial charge in [0.15, 0.2) is 6.10 Å². The minimum atomic E-state index is -4.77. The van der Waals surface area contributed by atoms with E-state index in [1.54, 1.807) is 6.08 Å². The molecule has 2 atom stereocenters. The number of nitrogens with one attached hydrogen (secondary N) is 2. The number of carbonyl (C=O) groups excluding carboxylic acids is 5. The third-order valence-electron chi connectivity index (χ3n) is 16.9. The van der Waals surface area contributed by atoms with Gasteiger partial charge < -0.3 is 39.4 Å². The molecule has 1 aliphatic rings. The highest BCUT2D eigenvalue weighted by Crippen LogP contribution is 2.43. The Balaban J connectivity index is 1.91. The second kappa shape index (κ2) is 94.2. The molecular formula is C71H123N2O57P. The second-order valence-electron chi connectivity index (χ2n) is 27.5. The Morgan fingerprint density at radius 1 is 0.412 bits per heavy atom. The van der Waals surface area contributed by atoms with Crippen LogP contribution in [0.5, 0.6) is 0 Å². The van der Waals surface area contributed by atoms with Crippen molar-refractivity contribution in [1.29, 1.82) is 0 Å². The smallest absolute Gasteiger partial charge is 0.462 e. The Morgan fingerprint density at radius 2 is 0.786 bits per heavy atom. The molecule has 0 saturated heterocycles. The molecule has 0 aliphatic heterocycles. The van der Waals surface area contributed by atoms with Crippen LogP contribution in [0.15, 0.2) is 71.2 Å². The van der Waals surface area contributed by atoms with Gasteiger partial charge >= 0.3 is 31.8 Å². The summed E-state index contributed by atoms with van der Waals surface area (Å²) in [6.45, 7) is 12.5. The van der Waals surface area contributed by atoms with Gasteiger partial charge in [-0.15, -0.1) is 0 Å². The van der Waals surface area contributed by atoms with Gasteiger partial charge in [0.1, 0.15) is 32.7 Å². The first kappa shape index (κ1) is 123. The van der Waals surface area contributed by atoms with E-state index >= 15 is 0 Å². The van der Waals surface area contributed by atoms with E-state index in [4.69, 9.17) is 28.0 Å². The van der Waals surface area contributed by atoms with E-state index in [0.29, 0.717) is 12.8 Å². The highest BCUT2D eigenvalue weighted by Gasteiger charge is 2.28. The van der Waals surface area contributed by atoms with Crippen molar-refractivity contribution in [2.45, 2.75) is 299 Å². The molecule has 1 aliphatic carbocycles. The van der Waals surface area contributed by atoms with E-state index in [-0.39, 0.29) is 50.7 Å². The zero-order valence-corrected chi connectivity index (χ0v) is 74.7. The second-order valence-corrected chi connectivity index (χ2v) is 29.0. The predicted octanol–water partition coefficient (Wildman–Crippen LogP) is 15.7. The molecule has 764 valence electrons. The molecule has 0 fully saturated rings. The van der Waals surface area contributed by atoms with Crippen LogP contribution in [0, 0.1) is 5.41 Å². The number of phosphoric ester groups is 1. The first-order valence-electron chi connectivity index (χ1n) is 41.6. The summed E-state index contributed by atoms with van der Waals surface area (Å²) in [7, 11) is -4.77. The summed E-state index contributed by atoms with van der Waals surface area (Å²) in [5.41, 5.74) is 5.03. The fourth-order valence-corrected chi connectivity index (χ4v) is 11.6. The molecular weight excluding hydrogens is 1820 g/mol. The highest BCUT2D eigenvalue weighted by molar-refractivity contribution is 7.47. The molecule has 3 N–H and O–H groups in total. The SMILES string of the molecule is CCCCCCCCCCCCCCCCCC(=O)OC[C@H](COP(=O)(O)OCCNC(=O)OCCOOOOOOOOOOOOOOOOOOOOOOOOOOOOOOOOOOOOOOOOOOOO/C=C\NC(=O)CCCC(=O)OC/C=C(C)/C=C/C=C(C)/C=C/C1=C(C)CCCC1(C)C)OC(=O)CCCCCCCCCCCCCCCCC. The minimum Gasteiger partial charge on any atom is -0.462 e. The average molecular weight is 1950 g/mol. The number of phosphoric acid groups is 1. The van der Waals surface area contributed by atoms with Gasteiger partial charge in [-0.3, -0.25) is 28.2 Å². The number of rotatable bonds is 100. The Labute approximate surface area is 750 Å². The van der Waals surface area contributed by atoms with E-state index in [0.717, 1.165) is 81.4 Å². The summed E-state index contributed by atoms with van der Waals surface area (Å²) in [5, 5.41) is 158. The quantitative estimate of drug-likeness (QED) is 0.00744. The molecule has 0 aromatic carbocycles. The number of carbonyl (C=O) groups is 5. The molecule has 0 bridgehead atoms. The van der Waals surface area contributed by atoms with Crippen molar-refractivity contribution >= 4 is 37.7 Å². The Hall–Kier alpha value is -6.22.